The van der Waals surface area contributed by atoms with Gasteiger partial charge in [-0.25, -0.2) is 4.79 Å². The Morgan fingerprint density at radius 3 is 2.56 bits per heavy atom. The number of amides is 2. The fraction of sp³-hybridized carbons (Fsp3) is 0.318. The topological polar surface area (TPSA) is 63.7 Å². The van der Waals surface area contributed by atoms with Gasteiger partial charge in [-0.3, -0.25) is 14.5 Å². The molecule has 5 heteroatoms. The number of hydrogen-bond donors (Lipinski definition) is 0. The van der Waals surface area contributed by atoms with Crippen molar-refractivity contribution in [3.8, 4) is 0 Å². The Bertz CT molecular complexity index is 921. The summed E-state index contributed by atoms with van der Waals surface area (Å²) in [6.45, 7) is 0.284. The highest BCUT2D eigenvalue weighted by atomic mass is 16.5. The van der Waals surface area contributed by atoms with Crippen molar-refractivity contribution in [2.45, 2.75) is 37.6 Å². The second-order valence-corrected chi connectivity index (χ2v) is 7.22. The summed E-state index contributed by atoms with van der Waals surface area (Å²) in [4.78, 5) is 39.3. The Labute approximate surface area is 157 Å². The maximum Gasteiger partial charge on any atom is 0.337 e. The van der Waals surface area contributed by atoms with E-state index >= 15 is 0 Å². The number of ether oxygens (including phenoxy) is 1. The summed E-state index contributed by atoms with van der Waals surface area (Å²) in [5.41, 5.74) is 2.60. The zero-order valence-corrected chi connectivity index (χ0v) is 15.2. The van der Waals surface area contributed by atoms with E-state index < -0.39 is 11.4 Å². The summed E-state index contributed by atoms with van der Waals surface area (Å²) >= 11 is 0. The summed E-state index contributed by atoms with van der Waals surface area (Å²) < 4.78 is 4.83. The number of aryl methyl sites for hydroxylation is 1. The average Bonchev–Trinajstić information content (AvgIpc) is 3.07. The summed E-state index contributed by atoms with van der Waals surface area (Å²) in [5.74, 6) is -0.698. The Kier molecular flexibility index (Phi) is 4.30. The molecule has 0 aromatic heterocycles. The van der Waals surface area contributed by atoms with Gasteiger partial charge < -0.3 is 4.74 Å². The van der Waals surface area contributed by atoms with Crippen molar-refractivity contribution in [3.05, 3.63) is 70.8 Å². The number of esters is 1. The van der Waals surface area contributed by atoms with E-state index in [1.807, 2.05) is 36.4 Å². The van der Waals surface area contributed by atoms with Crippen LogP contribution >= 0.6 is 0 Å². The van der Waals surface area contributed by atoms with E-state index in [1.54, 1.807) is 12.1 Å². The van der Waals surface area contributed by atoms with Crippen molar-refractivity contribution in [1.29, 1.82) is 0 Å². The van der Waals surface area contributed by atoms with E-state index in [0.29, 0.717) is 24.8 Å². The van der Waals surface area contributed by atoms with Gasteiger partial charge in [-0.05, 0) is 48.1 Å². The van der Waals surface area contributed by atoms with E-state index in [1.165, 1.54) is 12.0 Å². The SMILES string of the molecule is COC(=O)c1ccc2c(c1)C1(CCC(=O)N(Cc3ccccc3)C1=O)CC2. The molecule has 1 saturated heterocycles. The predicted molar refractivity (Wildman–Crippen MR) is 99.0 cm³/mol. The summed E-state index contributed by atoms with van der Waals surface area (Å²) in [7, 11) is 1.34. The summed E-state index contributed by atoms with van der Waals surface area (Å²) in [6, 6.07) is 15.0. The van der Waals surface area contributed by atoms with Gasteiger partial charge >= 0.3 is 5.97 Å². The molecule has 1 heterocycles. The van der Waals surface area contributed by atoms with Crippen molar-refractivity contribution in [2.24, 2.45) is 0 Å². The number of rotatable bonds is 3. The molecule has 1 unspecified atom stereocenters. The van der Waals surface area contributed by atoms with Crippen molar-refractivity contribution in [1.82, 2.24) is 4.90 Å². The van der Waals surface area contributed by atoms with Gasteiger partial charge in [-0.1, -0.05) is 36.4 Å². The lowest BCUT2D eigenvalue weighted by atomic mass is 9.73. The lowest BCUT2D eigenvalue weighted by Gasteiger charge is -2.39. The molecule has 5 nitrogen and oxygen atoms in total. The minimum absolute atomic E-state index is 0.132. The quantitative estimate of drug-likeness (QED) is 0.621. The molecule has 2 aliphatic rings. The first-order chi connectivity index (χ1) is 13.0. The molecular formula is C22H21NO4. The Balaban J connectivity index is 1.71. The first-order valence-corrected chi connectivity index (χ1v) is 9.15. The van der Waals surface area contributed by atoms with Crippen LogP contribution < -0.4 is 0 Å². The van der Waals surface area contributed by atoms with Crippen molar-refractivity contribution >= 4 is 17.8 Å². The number of hydrogen-bond acceptors (Lipinski definition) is 4. The molecule has 0 saturated carbocycles. The maximum absolute atomic E-state index is 13.5. The van der Waals surface area contributed by atoms with Gasteiger partial charge in [-0.2, -0.15) is 0 Å². The number of carbonyl (C=O) groups excluding carboxylic acids is 3. The number of methoxy groups -OCH3 is 1. The molecule has 1 aliphatic heterocycles. The van der Waals surface area contributed by atoms with Crippen LogP contribution in [0.25, 0.3) is 0 Å². The van der Waals surface area contributed by atoms with Crippen LogP contribution in [0.3, 0.4) is 0 Å². The zero-order valence-electron chi connectivity index (χ0n) is 15.2. The lowest BCUT2D eigenvalue weighted by Crippen LogP contribution is -2.52. The Morgan fingerprint density at radius 2 is 1.81 bits per heavy atom. The van der Waals surface area contributed by atoms with E-state index in [9.17, 15) is 14.4 Å². The predicted octanol–water partition coefficient (Wildman–Crippen LogP) is 3.01. The van der Waals surface area contributed by atoms with E-state index in [4.69, 9.17) is 4.74 Å². The van der Waals surface area contributed by atoms with Crippen molar-refractivity contribution < 1.29 is 19.1 Å². The molecule has 0 radical (unpaired) electrons. The van der Waals surface area contributed by atoms with Gasteiger partial charge in [0.2, 0.25) is 11.8 Å². The van der Waals surface area contributed by atoms with Crippen LogP contribution in [0.15, 0.2) is 48.5 Å². The number of benzene rings is 2. The second kappa shape index (κ2) is 6.65. The highest BCUT2D eigenvalue weighted by molar-refractivity contribution is 6.04. The molecule has 2 amide bonds. The van der Waals surface area contributed by atoms with E-state index in [0.717, 1.165) is 23.1 Å². The molecule has 1 fully saturated rings. The van der Waals surface area contributed by atoms with Crippen LogP contribution in [0.4, 0.5) is 0 Å². The third-order valence-corrected chi connectivity index (χ3v) is 5.77. The van der Waals surface area contributed by atoms with Gasteiger partial charge in [0.15, 0.2) is 0 Å². The Morgan fingerprint density at radius 1 is 1.07 bits per heavy atom. The fourth-order valence-electron chi connectivity index (χ4n) is 4.31. The van der Waals surface area contributed by atoms with Crippen LogP contribution in [0.5, 0.6) is 0 Å². The number of carbonyl (C=O) groups is 3. The summed E-state index contributed by atoms with van der Waals surface area (Å²) in [6.07, 6.45) is 2.27. The number of nitrogens with zero attached hydrogens (tertiary/aromatic N) is 1. The number of likely N-dealkylation sites (tertiary alicyclic amines) is 1. The van der Waals surface area contributed by atoms with Crippen LogP contribution in [-0.4, -0.2) is 29.8 Å². The number of fused-ring (bicyclic) bond motifs is 2. The number of piperidine rings is 1. The largest absolute Gasteiger partial charge is 0.465 e. The number of imide groups is 1. The van der Waals surface area contributed by atoms with Crippen LogP contribution in [0.2, 0.25) is 0 Å². The molecule has 1 aliphatic carbocycles. The zero-order chi connectivity index (χ0) is 19.0. The standard InChI is InChI=1S/C22H21NO4/c1-27-20(25)17-8-7-16-9-11-22(18(16)13-17)12-10-19(24)23(21(22)26)14-15-5-3-2-4-6-15/h2-8,13H,9-12,14H2,1H3. The minimum atomic E-state index is -0.720. The normalized spacial score (nSPS) is 21.4. The van der Waals surface area contributed by atoms with Crippen LogP contribution in [0, 0.1) is 0 Å². The van der Waals surface area contributed by atoms with Crippen LogP contribution in [0.1, 0.15) is 46.3 Å². The maximum atomic E-state index is 13.5. The van der Waals surface area contributed by atoms with Gasteiger partial charge in [0, 0.05) is 6.42 Å². The van der Waals surface area contributed by atoms with E-state index in [2.05, 4.69) is 0 Å². The molecule has 0 N–H and O–H groups in total. The van der Waals surface area contributed by atoms with Gasteiger partial charge in [0.05, 0.1) is 24.6 Å². The highest BCUT2D eigenvalue weighted by Crippen LogP contribution is 2.46. The monoisotopic (exact) mass is 363 g/mol. The molecule has 138 valence electrons. The molecule has 27 heavy (non-hydrogen) atoms. The first-order valence-electron chi connectivity index (χ1n) is 9.15. The lowest BCUT2D eigenvalue weighted by molar-refractivity contribution is -0.154. The Hall–Kier alpha value is -2.95. The molecule has 2 aromatic carbocycles. The third-order valence-electron chi connectivity index (χ3n) is 5.77. The average molecular weight is 363 g/mol. The van der Waals surface area contributed by atoms with Gasteiger partial charge in [0.25, 0.3) is 0 Å². The molecule has 1 spiro atoms. The van der Waals surface area contributed by atoms with E-state index in [-0.39, 0.29) is 18.4 Å². The van der Waals surface area contributed by atoms with Crippen molar-refractivity contribution in [3.63, 3.8) is 0 Å². The van der Waals surface area contributed by atoms with Gasteiger partial charge in [-0.15, -0.1) is 0 Å². The highest BCUT2D eigenvalue weighted by Gasteiger charge is 2.51. The summed E-state index contributed by atoms with van der Waals surface area (Å²) in [5, 5.41) is 0. The molecule has 4 rings (SSSR count). The smallest absolute Gasteiger partial charge is 0.337 e. The van der Waals surface area contributed by atoms with Gasteiger partial charge in [0.1, 0.15) is 0 Å². The second-order valence-electron chi connectivity index (χ2n) is 7.22. The molecular weight excluding hydrogens is 342 g/mol. The molecule has 0 bridgehead atoms. The third kappa shape index (κ3) is 2.83. The molecule has 2 aromatic rings. The molecule has 1 atom stereocenters. The van der Waals surface area contributed by atoms with Crippen molar-refractivity contribution in [2.75, 3.05) is 7.11 Å². The van der Waals surface area contributed by atoms with Crippen LogP contribution in [-0.2, 0) is 32.7 Å². The first kappa shape index (κ1) is 17.5. The fourth-order valence-corrected chi connectivity index (χ4v) is 4.31. The minimum Gasteiger partial charge on any atom is -0.465 e.